The summed E-state index contributed by atoms with van der Waals surface area (Å²) < 4.78 is 37.0. The van der Waals surface area contributed by atoms with Gasteiger partial charge < -0.3 is 11.1 Å². The lowest BCUT2D eigenvalue weighted by Crippen LogP contribution is -2.26. The average Bonchev–Trinajstić information content (AvgIpc) is 2.34. The Balaban J connectivity index is 2.43. The molecule has 1 aromatic rings. The molecule has 0 aliphatic heterocycles. The van der Waals surface area contributed by atoms with E-state index in [1.807, 2.05) is 0 Å². The Labute approximate surface area is 110 Å². The summed E-state index contributed by atoms with van der Waals surface area (Å²) in [6.07, 6.45) is -2.63. The molecular weight excluding hydrogens is 257 g/mol. The van der Waals surface area contributed by atoms with Crippen LogP contribution in [0.2, 0.25) is 0 Å². The first kappa shape index (κ1) is 15.5. The predicted octanol–water partition coefficient (Wildman–Crippen LogP) is 2.10. The number of alkyl halides is 3. The molecule has 1 amide bonds. The fourth-order valence-corrected chi connectivity index (χ4v) is 1.56. The molecule has 6 heteroatoms. The zero-order valence-corrected chi connectivity index (χ0v) is 10.5. The summed E-state index contributed by atoms with van der Waals surface area (Å²) in [5, 5.41) is 2.69. The minimum atomic E-state index is -4.34. The summed E-state index contributed by atoms with van der Waals surface area (Å²) in [6.45, 7) is 1.12. The van der Waals surface area contributed by atoms with Gasteiger partial charge in [-0.2, -0.15) is 13.2 Å². The third-order valence-electron chi connectivity index (χ3n) is 2.60. The quantitative estimate of drug-likeness (QED) is 0.781. The van der Waals surface area contributed by atoms with Gasteiger partial charge in [-0.3, -0.25) is 4.79 Å². The van der Waals surface area contributed by atoms with E-state index in [4.69, 9.17) is 5.73 Å². The van der Waals surface area contributed by atoms with Crippen LogP contribution in [0.25, 0.3) is 0 Å². The second-order valence-corrected chi connectivity index (χ2v) is 4.22. The lowest BCUT2D eigenvalue weighted by Gasteiger charge is -2.08. The molecule has 1 rings (SSSR count). The normalized spacial score (nSPS) is 11.4. The van der Waals surface area contributed by atoms with E-state index in [0.29, 0.717) is 18.7 Å². The summed E-state index contributed by atoms with van der Waals surface area (Å²) in [6, 6.07) is 4.61. The highest BCUT2D eigenvalue weighted by molar-refractivity contribution is 5.78. The lowest BCUT2D eigenvalue weighted by atomic mass is 10.1. The molecule has 0 fully saturated rings. The lowest BCUT2D eigenvalue weighted by molar-refractivity contribution is -0.137. The smallest absolute Gasteiger partial charge is 0.356 e. The van der Waals surface area contributed by atoms with Gasteiger partial charge >= 0.3 is 6.18 Å². The molecule has 0 bridgehead atoms. The third kappa shape index (κ3) is 5.74. The van der Waals surface area contributed by atoms with Crippen LogP contribution in [0, 0.1) is 0 Å². The molecule has 0 atom stereocenters. The van der Waals surface area contributed by atoms with Crippen LogP contribution in [-0.4, -0.2) is 19.0 Å². The molecular formula is C13H17F3N2O. The number of halogens is 3. The number of rotatable bonds is 6. The van der Waals surface area contributed by atoms with Crippen molar-refractivity contribution >= 4 is 5.91 Å². The van der Waals surface area contributed by atoms with Gasteiger partial charge in [-0.25, -0.2) is 0 Å². The number of hydrogen-bond acceptors (Lipinski definition) is 2. The van der Waals surface area contributed by atoms with E-state index >= 15 is 0 Å². The zero-order valence-electron chi connectivity index (χ0n) is 10.5. The van der Waals surface area contributed by atoms with E-state index in [-0.39, 0.29) is 12.3 Å². The second kappa shape index (κ2) is 7.13. The molecule has 0 spiro atoms. The number of amides is 1. The summed E-state index contributed by atoms with van der Waals surface area (Å²) in [7, 11) is 0. The van der Waals surface area contributed by atoms with Crippen molar-refractivity contribution in [3.63, 3.8) is 0 Å². The van der Waals surface area contributed by atoms with E-state index in [1.165, 1.54) is 12.1 Å². The van der Waals surface area contributed by atoms with Crippen LogP contribution in [-0.2, 0) is 17.4 Å². The molecule has 0 saturated heterocycles. The van der Waals surface area contributed by atoms with Crippen molar-refractivity contribution in [3.05, 3.63) is 35.4 Å². The number of hydrogen-bond donors (Lipinski definition) is 2. The van der Waals surface area contributed by atoms with Gasteiger partial charge in [0.2, 0.25) is 5.91 Å². The number of unbranched alkanes of at least 4 members (excludes halogenated alkanes) is 1. The number of carbonyl (C=O) groups excluding carboxylic acids is 1. The Morgan fingerprint density at radius 3 is 2.32 bits per heavy atom. The monoisotopic (exact) mass is 274 g/mol. The van der Waals surface area contributed by atoms with Crippen molar-refractivity contribution in [1.29, 1.82) is 0 Å². The van der Waals surface area contributed by atoms with E-state index in [1.54, 1.807) is 0 Å². The van der Waals surface area contributed by atoms with Crippen LogP contribution in [0.4, 0.5) is 13.2 Å². The summed E-state index contributed by atoms with van der Waals surface area (Å²) in [5.41, 5.74) is 5.16. The van der Waals surface area contributed by atoms with Crippen molar-refractivity contribution in [2.45, 2.75) is 25.4 Å². The minimum Gasteiger partial charge on any atom is -0.356 e. The molecule has 1 aromatic carbocycles. The Bertz CT molecular complexity index is 401. The number of benzene rings is 1. The Hall–Kier alpha value is -1.56. The Kier molecular flexibility index (Phi) is 5.82. The van der Waals surface area contributed by atoms with Gasteiger partial charge in [0.25, 0.3) is 0 Å². The number of nitrogens with two attached hydrogens (primary N) is 1. The van der Waals surface area contributed by atoms with Gasteiger partial charge in [-0.05, 0) is 37.1 Å². The summed E-state index contributed by atoms with van der Waals surface area (Å²) >= 11 is 0. The van der Waals surface area contributed by atoms with Crippen molar-refractivity contribution in [2.75, 3.05) is 13.1 Å². The first-order chi connectivity index (χ1) is 8.93. The number of carbonyl (C=O) groups is 1. The van der Waals surface area contributed by atoms with Crippen molar-refractivity contribution in [1.82, 2.24) is 5.32 Å². The summed E-state index contributed by atoms with van der Waals surface area (Å²) in [5.74, 6) is -0.197. The minimum absolute atomic E-state index is 0.0841. The molecule has 3 N–H and O–H groups in total. The van der Waals surface area contributed by atoms with Gasteiger partial charge in [0, 0.05) is 6.54 Å². The molecule has 0 unspecified atom stereocenters. The maximum atomic E-state index is 12.3. The Morgan fingerprint density at radius 2 is 1.79 bits per heavy atom. The highest BCUT2D eigenvalue weighted by atomic mass is 19.4. The van der Waals surface area contributed by atoms with Crippen LogP contribution in [0.1, 0.15) is 24.0 Å². The van der Waals surface area contributed by atoms with E-state index in [9.17, 15) is 18.0 Å². The Morgan fingerprint density at radius 1 is 1.16 bits per heavy atom. The fourth-order valence-electron chi connectivity index (χ4n) is 1.56. The highest BCUT2D eigenvalue weighted by Gasteiger charge is 2.29. The van der Waals surface area contributed by atoms with Gasteiger partial charge in [-0.1, -0.05) is 12.1 Å². The van der Waals surface area contributed by atoms with E-state index < -0.39 is 11.7 Å². The predicted molar refractivity (Wildman–Crippen MR) is 66.4 cm³/mol. The summed E-state index contributed by atoms with van der Waals surface area (Å²) in [4.78, 5) is 11.5. The van der Waals surface area contributed by atoms with Crippen LogP contribution in [0.3, 0.4) is 0 Å². The first-order valence-electron chi connectivity index (χ1n) is 6.06. The van der Waals surface area contributed by atoms with Crippen molar-refractivity contribution in [3.8, 4) is 0 Å². The van der Waals surface area contributed by atoms with Crippen LogP contribution in [0.5, 0.6) is 0 Å². The molecule has 106 valence electrons. The molecule has 0 heterocycles. The topological polar surface area (TPSA) is 55.1 Å². The zero-order chi connectivity index (χ0) is 14.3. The third-order valence-corrected chi connectivity index (χ3v) is 2.60. The number of nitrogens with one attached hydrogen (secondary N) is 1. The average molecular weight is 274 g/mol. The van der Waals surface area contributed by atoms with Crippen molar-refractivity contribution < 1.29 is 18.0 Å². The molecule has 0 aliphatic carbocycles. The van der Waals surface area contributed by atoms with Gasteiger partial charge in [-0.15, -0.1) is 0 Å². The molecule has 0 saturated carbocycles. The maximum Gasteiger partial charge on any atom is 0.416 e. The van der Waals surface area contributed by atoms with E-state index in [0.717, 1.165) is 25.0 Å². The molecule has 0 aliphatic rings. The first-order valence-corrected chi connectivity index (χ1v) is 6.06. The molecule has 0 aromatic heterocycles. The van der Waals surface area contributed by atoms with Gasteiger partial charge in [0.05, 0.1) is 12.0 Å². The molecule has 3 nitrogen and oxygen atoms in total. The van der Waals surface area contributed by atoms with Gasteiger partial charge in [0.15, 0.2) is 0 Å². The molecule has 19 heavy (non-hydrogen) atoms. The second-order valence-electron chi connectivity index (χ2n) is 4.22. The highest BCUT2D eigenvalue weighted by Crippen LogP contribution is 2.29. The SMILES string of the molecule is NCCCCNC(=O)Cc1ccc(C(F)(F)F)cc1. The molecule has 0 radical (unpaired) electrons. The van der Waals surface area contributed by atoms with E-state index in [2.05, 4.69) is 5.32 Å². The van der Waals surface area contributed by atoms with Crippen LogP contribution < -0.4 is 11.1 Å². The fraction of sp³-hybridized carbons (Fsp3) is 0.462. The standard InChI is InChI=1S/C13H17F3N2O/c14-13(15,16)11-5-3-10(4-6-11)9-12(19)18-8-2-1-7-17/h3-6H,1-2,7-9,17H2,(H,18,19). The van der Waals surface area contributed by atoms with Crippen LogP contribution in [0.15, 0.2) is 24.3 Å². The van der Waals surface area contributed by atoms with Crippen molar-refractivity contribution in [2.24, 2.45) is 5.73 Å². The largest absolute Gasteiger partial charge is 0.416 e. The maximum absolute atomic E-state index is 12.3. The van der Waals surface area contributed by atoms with Crippen LogP contribution >= 0.6 is 0 Å². The van der Waals surface area contributed by atoms with Gasteiger partial charge in [0.1, 0.15) is 0 Å².